The van der Waals surface area contributed by atoms with Gasteiger partial charge in [-0.1, -0.05) is 66.7 Å². The van der Waals surface area contributed by atoms with Crippen molar-refractivity contribution in [3.8, 4) is 0 Å². The SMILES string of the molecule is O=C1N(Cc2c3ccccc3cc3ccccc23)c2ccccc2[C@@]1(O)c1ccsc1. The van der Waals surface area contributed by atoms with E-state index in [-0.39, 0.29) is 5.91 Å². The lowest BCUT2D eigenvalue weighted by Crippen LogP contribution is -2.40. The molecule has 4 aromatic carbocycles. The summed E-state index contributed by atoms with van der Waals surface area (Å²) in [5.41, 5.74) is 1.46. The molecule has 1 N–H and O–H groups in total. The summed E-state index contributed by atoms with van der Waals surface area (Å²) >= 11 is 1.48. The summed E-state index contributed by atoms with van der Waals surface area (Å²) < 4.78 is 0. The number of anilines is 1. The summed E-state index contributed by atoms with van der Waals surface area (Å²) in [6, 6.07) is 28.1. The smallest absolute Gasteiger partial charge is 0.268 e. The molecule has 0 saturated carbocycles. The zero-order valence-electron chi connectivity index (χ0n) is 16.7. The van der Waals surface area contributed by atoms with Crippen LogP contribution < -0.4 is 4.90 Å². The minimum absolute atomic E-state index is 0.302. The van der Waals surface area contributed by atoms with Crippen LogP contribution in [0.25, 0.3) is 21.5 Å². The number of nitrogens with zero attached hydrogens (tertiary/aromatic N) is 1. The van der Waals surface area contributed by atoms with Crippen molar-refractivity contribution in [2.75, 3.05) is 4.90 Å². The molecule has 0 radical (unpaired) electrons. The Kier molecular flexibility index (Phi) is 4.00. The lowest BCUT2D eigenvalue weighted by molar-refractivity contribution is -0.132. The first kappa shape index (κ1) is 18.3. The number of amides is 1. The molecule has 1 aliphatic rings. The zero-order valence-corrected chi connectivity index (χ0v) is 17.5. The second kappa shape index (κ2) is 6.77. The second-order valence-electron chi connectivity index (χ2n) is 7.93. The molecule has 0 unspecified atom stereocenters. The number of fused-ring (bicyclic) bond motifs is 3. The van der Waals surface area contributed by atoms with Crippen molar-refractivity contribution >= 4 is 44.5 Å². The quantitative estimate of drug-likeness (QED) is 0.372. The normalized spacial score (nSPS) is 18.1. The molecule has 150 valence electrons. The van der Waals surface area contributed by atoms with Gasteiger partial charge < -0.3 is 10.0 Å². The molecule has 2 heterocycles. The number of aliphatic hydroxyl groups is 1. The zero-order chi connectivity index (χ0) is 21.0. The van der Waals surface area contributed by atoms with Gasteiger partial charge in [-0.15, -0.1) is 0 Å². The summed E-state index contributed by atoms with van der Waals surface area (Å²) in [5.74, 6) is -0.302. The Morgan fingerprint density at radius 1 is 0.839 bits per heavy atom. The molecule has 1 atom stereocenters. The van der Waals surface area contributed by atoms with Gasteiger partial charge in [0.15, 0.2) is 5.60 Å². The predicted octanol–water partition coefficient (Wildman–Crippen LogP) is 5.84. The standard InChI is InChI=1S/C27H19NO2S/c29-26-27(30,20-13-14-31-17-20)24-11-5-6-12-25(24)28(26)16-23-21-9-3-1-7-18(21)15-19-8-2-4-10-22(19)23/h1-15,17,30H,16H2/t27-/m0/s1. The predicted molar refractivity (Wildman–Crippen MR) is 126 cm³/mol. The van der Waals surface area contributed by atoms with Crippen LogP contribution in [-0.4, -0.2) is 11.0 Å². The van der Waals surface area contributed by atoms with Crippen molar-refractivity contribution in [1.82, 2.24) is 0 Å². The highest BCUT2D eigenvalue weighted by Gasteiger charge is 2.51. The number of para-hydroxylation sites is 1. The molecule has 4 heteroatoms. The molecule has 0 spiro atoms. The van der Waals surface area contributed by atoms with E-state index in [1.807, 2.05) is 65.4 Å². The summed E-state index contributed by atoms with van der Waals surface area (Å²) in [7, 11) is 0. The first-order valence-electron chi connectivity index (χ1n) is 10.2. The molecule has 1 aromatic heterocycles. The van der Waals surface area contributed by atoms with E-state index in [0.29, 0.717) is 17.7 Å². The molecule has 5 aromatic rings. The number of benzene rings is 4. The largest absolute Gasteiger partial charge is 0.372 e. The summed E-state index contributed by atoms with van der Waals surface area (Å²) in [6.45, 7) is 0.393. The minimum Gasteiger partial charge on any atom is -0.372 e. The van der Waals surface area contributed by atoms with Gasteiger partial charge >= 0.3 is 0 Å². The van der Waals surface area contributed by atoms with Gasteiger partial charge in [-0.3, -0.25) is 4.79 Å². The van der Waals surface area contributed by atoms with Crippen LogP contribution >= 0.6 is 11.3 Å². The van der Waals surface area contributed by atoms with Gasteiger partial charge in [0.2, 0.25) is 0 Å². The maximum absolute atomic E-state index is 13.7. The molecule has 6 rings (SSSR count). The third-order valence-electron chi connectivity index (χ3n) is 6.28. The van der Waals surface area contributed by atoms with Gasteiger partial charge in [0.25, 0.3) is 5.91 Å². The van der Waals surface area contributed by atoms with E-state index in [9.17, 15) is 9.90 Å². The molecule has 31 heavy (non-hydrogen) atoms. The van der Waals surface area contributed by atoms with E-state index in [1.54, 1.807) is 4.90 Å². The van der Waals surface area contributed by atoms with Gasteiger partial charge in [0.1, 0.15) is 0 Å². The molecule has 1 amide bonds. The van der Waals surface area contributed by atoms with Crippen LogP contribution in [0.1, 0.15) is 16.7 Å². The highest BCUT2D eigenvalue weighted by molar-refractivity contribution is 7.08. The van der Waals surface area contributed by atoms with Gasteiger partial charge in [-0.05, 0) is 56.1 Å². The number of carbonyl (C=O) groups is 1. The Morgan fingerprint density at radius 3 is 2.16 bits per heavy atom. The van der Waals surface area contributed by atoms with Crippen LogP contribution in [0.5, 0.6) is 0 Å². The van der Waals surface area contributed by atoms with Crippen molar-refractivity contribution in [1.29, 1.82) is 0 Å². The van der Waals surface area contributed by atoms with Crippen molar-refractivity contribution in [2.45, 2.75) is 12.1 Å². The Labute approximate surface area is 183 Å². The number of hydrogen-bond donors (Lipinski definition) is 1. The Hall–Kier alpha value is -3.47. The fourth-order valence-electron chi connectivity index (χ4n) is 4.78. The van der Waals surface area contributed by atoms with E-state index in [1.165, 1.54) is 11.3 Å². The molecular formula is C27H19NO2S. The molecule has 3 nitrogen and oxygen atoms in total. The number of rotatable bonds is 3. The van der Waals surface area contributed by atoms with Gasteiger partial charge in [0, 0.05) is 11.1 Å². The minimum atomic E-state index is -1.66. The third-order valence-corrected chi connectivity index (χ3v) is 6.96. The number of thiophene rings is 1. The van der Waals surface area contributed by atoms with Gasteiger partial charge in [-0.2, -0.15) is 11.3 Å². The Balaban J connectivity index is 1.57. The van der Waals surface area contributed by atoms with E-state index < -0.39 is 5.60 Å². The van der Waals surface area contributed by atoms with Gasteiger partial charge in [0.05, 0.1) is 12.2 Å². The van der Waals surface area contributed by atoms with Crippen LogP contribution in [0.4, 0.5) is 5.69 Å². The maximum Gasteiger partial charge on any atom is 0.268 e. The first-order valence-corrected chi connectivity index (χ1v) is 11.2. The van der Waals surface area contributed by atoms with Crippen molar-refractivity contribution in [2.24, 2.45) is 0 Å². The fourth-order valence-corrected chi connectivity index (χ4v) is 5.48. The van der Waals surface area contributed by atoms with E-state index in [2.05, 4.69) is 30.3 Å². The molecule has 0 fully saturated rings. The van der Waals surface area contributed by atoms with Crippen molar-refractivity contribution < 1.29 is 9.90 Å². The number of hydrogen-bond acceptors (Lipinski definition) is 3. The average molecular weight is 422 g/mol. The molecule has 1 aliphatic heterocycles. The average Bonchev–Trinajstić information content (AvgIpc) is 3.42. The topological polar surface area (TPSA) is 40.5 Å². The summed E-state index contributed by atoms with van der Waals surface area (Å²) in [5, 5.41) is 19.9. The molecule has 0 aliphatic carbocycles. The highest BCUT2D eigenvalue weighted by Crippen LogP contribution is 2.46. The van der Waals surface area contributed by atoms with E-state index in [4.69, 9.17) is 0 Å². The van der Waals surface area contributed by atoms with Crippen molar-refractivity contribution in [3.63, 3.8) is 0 Å². The monoisotopic (exact) mass is 421 g/mol. The van der Waals surface area contributed by atoms with Crippen LogP contribution in [0.15, 0.2) is 95.7 Å². The summed E-state index contributed by atoms with van der Waals surface area (Å²) in [4.78, 5) is 15.5. The Bertz CT molecular complexity index is 1400. The molecular weight excluding hydrogens is 402 g/mol. The van der Waals surface area contributed by atoms with E-state index in [0.717, 1.165) is 32.8 Å². The first-order chi connectivity index (χ1) is 15.2. The Morgan fingerprint density at radius 2 is 1.48 bits per heavy atom. The fraction of sp³-hybridized carbons (Fsp3) is 0.0741. The lowest BCUT2D eigenvalue weighted by atomic mass is 9.89. The summed E-state index contributed by atoms with van der Waals surface area (Å²) in [6.07, 6.45) is 0. The lowest BCUT2D eigenvalue weighted by Gasteiger charge is -2.24. The van der Waals surface area contributed by atoms with Crippen LogP contribution in [0.3, 0.4) is 0 Å². The molecule has 0 bridgehead atoms. The van der Waals surface area contributed by atoms with Gasteiger partial charge in [-0.25, -0.2) is 0 Å². The van der Waals surface area contributed by atoms with Crippen LogP contribution in [0.2, 0.25) is 0 Å². The number of carbonyl (C=O) groups excluding carboxylic acids is 1. The van der Waals surface area contributed by atoms with E-state index >= 15 is 0 Å². The maximum atomic E-state index is 13.7. The third kappa shape index (κ3) is 2.59. The van der Waals surface area contributed by atoms with Crippen molar-refractivity contribution in [3.05, 3.63) is 112 Å². The van der Waals surface area contributed by atoms with Crippen LogP contribution in [-0.2, 0) is 16.9 Å². The molecule has 0 saturated heterocycles. The van der Waals surface area contributed by atoms with Crippen LogP contribution in [0, 0.1) is 0 Å². The second-order valence-corrected chi connectivity index (χ2v) is 8.71. The highest BCUT2D eigenvalue weighted by atomic mass is 32.1.